The molecule has 0 aromatic heterocycles. The van der Waals surface area contributed by atoms with E-state index in [9.17, 15) is 15.0 Å². The predicted octanol–water partition coefficient (Wildman–Crippen LogP) is 4.84. The van der Waals surface area contributed by atoms with Crippen molar-refractivity contribution in [3.63, 3.8) is 0 Å². The maximum atomic E-state index is 12.2. The van der Waals surface area contributed by atoms with Gasteiger partial charge in [0.05, 0.1) is 6.26 Å². The summed E-state index contributed by atoms with van der Waals surface area (Å²) in [6, 6.07) is 14.4. The summed E-state index contributed by atoms with van der Waals surface area (Å²) in [6.45, 7) is 3.79. The molecular weight excluding hydrogens is 352 g/mol. The molecule has 0 spiro atoms. The van der Waals surface area contributed by atoms with E-state index in [1.807, 2.05) is 32.0 Å². The molecule has 0 bridgehead atoms. The number of aliphatic hydroxyl groups is 1. The molecule has 0 saturated heterocycles. The Morgan fingerprint density at radius 1 is 1.15 bits per heavy atom. The third-order valence-corrected chi connectivity index (χ3v) is 5.18. The van der Waals surface area contributed by atoms with Crippen molar-refractivity contribution in [3.05, 3.63) is 70.9 Å². The van der Waals surface area contributed by atoms with Gasteiger partial charge in [-0.25, -0.2) is 4.79 Å². The minimum absolute atomic E-state index is 0.0929. The zero-order valence-electron chi connectivity index (χ0n) is 14.6. The van der Waals surface area contributed by atoms with E-state index in [1.165, 1.54) is 0 Å². The molecule has 136 valence electrons. The average molecular weight is 373 g/mol. The van der Waals surface area contributed by atoms with Gasteiger partial charge in [0.25, 0.3) is 0 Å². The van der Waals surface area contributed by atoms with Crippen LogP contribution in [0.3, 0.4) is 0 Å². The van der Waals surface area contributed by atoms with Crippen LogP contribution in [-0.4, -0.2) is 21.8 Å². The minimum atomic E-state index is -2.02. The Labute approximate surface area is 157 Å². The molecule has 0 radical (unpaired) electrons. The molecule has 0 saturated carbocycles. The first-order valence-corrected chi connectivity index (χ1v) is 8.87. The highest BCUT2D eigenvalue weighted by molar-refractivity contribution is 6.31. The molecular formula is C21H21ClO4. The molecule has 1 aromatic rings. The van der Waals surface area contributed by atoms with E-state index in [4.69, 9.17) is 16.0 Å². The number of fused-ring (bicyclic) bond motifs is 1. The monoisotopic (exact) mass is 372 g/mol. The summed E-state index contributed by atoms with van der Waals surface area (Å²) in [5, 5.41) is 21.7. The van der Waals surface area contributed by atoms with Gasteiger partial charge in [0.2, 0.25) is 0 Å². The van der Waals surface area contributed by atoms with Crippen LogP contribution in [0.1, 0.15) is 30.9 Å². The Balaban J connectivity index is 2.11. The van der Waals surface area contributed by atoms with Gasteiger partial charge in [-0.15, -0.1) is 0 Å². The van der Waals surface area contributed by atoms with Gasteiger partial charge in [0.15, 0.2) is 5.60 Å². The standard InChI is InChI=1S/C21H21ClO4/c1-13(2)18(16-10-9-14-7-5-11-26-19(14)16)21(25,20(23)24)12-15-6-3-4-8-17(15)22/h3-11,13,18,25H,12H2,1-2H3,(H,23,24). The van der Waals surface area contributed by atoms with Crippen LogP contribution >= 0.6 is 11.6 Å². The summed E-state index contributed by atoms with van der Waals surface area (Å²) in [4.78, 5) is 12.2. The Morgan fingerprint density at radius 3 is 2.54 bits per heavy atom. The molecule has 0 amide bonds. The molecule has 5 heteroatoms. The number of carboxylic acid groups (broad SMARTS) is 1. The van der Waals surface area contributed by atoms with E-state index in [1.54, 1.807) is 36.6 Å². The van der Waals surface area contributed by atoms with Crippen molar-refractivity contribution < 1.29 is 19.4 Å². The summed E-state index contributed by atoms with van der Waals surface area (Å²) in [6.07, 6.45) is 1.46. The second-order valence-corrected chi connectivity index (χ2v) is 7.31. The van der Waals surface area contributed by atoms with E-state index in [-0.39, 0.29) is 12.3 Å². The summed E-state index contributed by atoms with van der Waals surface area (Å²) in [7, 11) is 0. The zero-order chi connectivity index (χ0) is 18.9. The molecule has 26 heavy (non-hydrogen) atoms. The van der Waals surface area contributed by atoms with Gasteiger partial charge in [0.1, 0.15) is 5.76 Å². The van der Waals surface area contributed by atoms with Crippen LogP contribution in [0.4, 0.5) is 0 Å². The SMILES string of the molecule is CC(C)C(c1ccc2cccoc1-2)C(O)(Cc1ccccc1Cl)C(=O)O. The summed E-state index contributed by atoms with van der Waals surface area (Å²) in [5.74, 6) is -1.48. The summed E-state index contributed by atoms with van der Waals surface area (Å²) < 4.78 is 5.63. The lowest BCUT2D eigenvalue weighted by Gasteiger charge is -2.35. The number of aliphatic carboxylic acids is 1. The van der Waals surface area contributed by atoms with E-state index in [2.05, 4.69) is 0 Å². The smallest absolute Gasteiger partial charge is 0.336 e. The first kappa shape index (κ1) is 18.5. The molecule has 1 aliphatic heterocycles. The lowest BCUT2D eigenvalue weighted by molar-refractivity contribution is -0.162. The lowest BCUT2D eigenvalue weighted by atomic mass is 9.72. The number of carboxylic acids is 1. The van der Waals surface area contributed by atoms with Crippen molar-refractivity contribution in [2.75, 3.05) is 0 Å². The van der Waals surface area contributed by atoms with Crippen LogP contribution < -0.4 is 0 Å². The third kappa shape index (κ3) is 3.22. The van der Waals surface area contributed by atoms with Gasteiger partial charge in [0, 0.05) is 28.5 Å². The first-order chi connectivity index (χ1) is 12.3. The highest BCUT2D eigenvalue weighted by atomic mass is 35.5. The van der Waals surface area contributed by atoms with Crippen molar-refractivity contribution in [1.29, 1.82) is 0 Å². The van der Waals surface area contributed by atoms with Crippen LogP contribution in [-0.2, 0) is 11.2 Å². The van der Waals surface area contributed by atoms with Crippen LogP contribution in [0, 0.1) is 5.92 Å². The number of benzene rings is 1. The zero-order valence-corrected chi connectivity index (χ0v) is 15.4. The number of hydrogen-bond acceptors (Lipinski definition) is 3. The Hall–Kier alpha value is -2.30. The topological polar surface area (TPSA) is 70.7 Å². The molecule has 2 N–H and O–H groups in total. The van der Waals surface area contributed by atoms with Gasteiger partial charge in [-0.05, 0) is 29.7 Å². The molecule has 4 nitrogen and oxygen atoms in total. The fraction of sp³-hybridized carbons (Fsp3) is 0.286. The number of carbonyl (C=O) groups is 1. The maximum Gasteiger partial charge on any atom is 0.336 e. The fourth-order valence-electron chi connectivity index (χ4n) is 3.68. The predicted molar refractivity (Wildman–Crippen MR) is 101 cm³/mol. The van der Waals surface area contributed by atoms with Gasteiger partial charge in [-0.2, -0.15) is 0 Å². The molecule has 1 aliphatic carbocycles. The first-order valence-electron chi connectivity index (χ1n) is 8.50. The normalized spacial score (nSPS) is 15.1. The molecule has 1 heterocycles. The van der Waals surface area contributed by atoms with Crippen LogP contribution in [0.25, 0.3) is 11.3 Å². The van der Waals surface area contributed by atoms with E-state index < -0.39 is 17.5 Å². The molecule has 0 fully saturated rings. The third-order valence-electron chi connectivity index (χ3n) is 4.81. The largest absolute Gasteiger partial charge is 0.479 e. The number of rotatable bonds is 6. The molecule has 3 rings (SSSR count). The average Bonchev–Trinajstić information content (AvgIpc) is 3.00. The highest BCUT2D eigenvalue weighted by Gasteiger charge is 2.48. The highest BCUT2D eigenvalue weighted by Crippen LogP contribution is 2.44. The lowest BCUT2D eigenvalue weighted by Crippen LogP contribution is -2.48. The quantitative estimate of drug-likeness (QED) is 0.649. The number of halogens is 1. The summed E-state index contributed by atoms with van der Waals surface area (Å²) in [5.41, 5.74) is 0.134. The van der Waals surface area contributed by atoms with Crippen molar-refractivity contribution in [2.24, 2.45) is 5.92 Å². The van der Waals surface area contributed by atoms with Gasteiger partial charge in [-0.3, -0.25) is 0 Å². The Morgan fingerprint density at radius 2 is 1.88 bits per heavy atom. The van der Waals surface area contributed by atoms with Gasteiger partial charge < -0.3 is 14.6 Å². The van der Waals surface area contributed by atoms with Crippen molar-refractivity contribution in [2.45, 2.75) is 31.8 Å². The van der Waals surface area contributed by atoms with Crippen molar-refractivity contribution in [1.82, 2.24) is 0 Å². The van der Waals surface area contributed by atoms with Crippen LogP contribution in [0.2, 0.25) is 5.02 Å². The van der Waals surface area contributed by atoms with E-state index in [0.29, 0.717) is 21.9 Å². The Bertz CT molecular complexity index is 885. The minimum Gasteiger partial charge on any atom is -0.479 e. The fourth-order valence-corrected chi connectivity index (χ4v) is 3.88. The molecule has 2 atom stereocenters. The number of hydrogen-bond donors (Lipinski definition) is 2. The van der Waals surface area contributed by atoms with E-state index in [0.717, 1.165) is 5.56 Å². The molecule has 1 aromatic carbocycles. The van der Waals surface area contributed by atoms with Crippen molar-refractivity contribution >= 4 is 17.6 Å². The second-order valence-electron chi connectivity index (χ2n) is 6.91. The summed E-state index contributed by atoms with van der Waals surface area (Å²) >= 11 is 6.22. The maximum absolute atomic E-state index is 12.2. The molecule has 2 aliphatic rings. The second kappa shape index (κ2) is 7.14. The van der Waals surface area contributed by atoms with Gasteiger partial charge >= 0.3 is 5.97 Å². The van der Waals surface area contributed by atoms with Crippen LogP contribution in [0.15, 0.2) is 59.2 Å². The van der Waals surface area contributed by atoms with Crippen LogP contribution in [0.5, 0.6) is 0 Å². The van der Waals surface area contributed by atoms with E-state index >= 15 is 0 Å². The molecule has 2 unspecified atom stereocenters. The van der Waals surface area contributed by atoms with Gasteiger partial charge in [-0.1, -0.05) is 55.8 Å². The Kier molecular flexibility index (Phi) is 5.08. The van der Waals surface area contributed by atoms with Crippen molar-refractivity contribution in [3.8, 4) is 11.3 Å².